The van der Waals surface area contributed by atoms with Gasteiger partial charge in [-0.3, -0.25) is 9.69 Å². The van der Waals surface area contributed by atoms with Gasteiger partial charge in [0.2, 0.25) is 5.91 Å². The van der Waals surface area contributed by atoms with E-state index in [1.54, 1.807) is 0 Å². The van der Waals surface area contributed by atoms with Gasteiger partial charge in [0.15, 0.2) is 0 Å². The number of hydrogen-bond donors (Lipinski definition) is 2. The highest BCUT2D eigenvalue weighted by atomic mass is 35.5. The van der Waals surface area contributed by atoms with Crippen molar-refractivity contribution >= 4 is 30.7 Å². The van der Waals surface area contributed by atoms with Crippen LogP contribution in [-0.2, 0) is 9.53 Å². The molecule has 0 aliphatic carbocycles. The van der Waals surface area contributed by atoms with Crippen LogP contribution in [0.3, 0.4) is 0 Å². The van der Waals surface area contributed by atoms with Gasteiger partial charge in [-0.1, -0.05) is 26.7 Å². The molecule has 2 fully saturated rings. The lowest BCUT2D eigenvalue weighted by Crippen LogP contribution is -2.52. The van der Waals surface area contributed by atoms with E-state index in [0.717, 1.165) is 52.4 Å². The number of rotatable bonds is 9. The van der Waals surface area contributed by atoms with Gasteiger partial charge in [-0.25, -0.2) is 0 Å². The second kappa shape index (κ2) is 14.0. The average Bonchev–Trinajstić information content (AvgIpc) is 3.11. The van der Waals surface area contributed by atoms with Crippen LogP contribution in [0.4, 0.5) is 0 Å². The summed E-state index contributed by atoms with van der Waals surface area (Å²) in [5.41, 5.74) is 0. The first kappa shape index (κ1) is 24.9. The summed E-state index contributed by atoms with van der Waals surface area (Å²) in [7, 11) is 0. The number of carbonyl (C=O) groups is 1. The van der Waals surface area contributed by atoms with Crippen LogP contribution in [0.1, 0.15) is 46.0 Å². The molecule has 7 heteroatoms. The zero-order valence-electron chi connectivity index (χ0n) is 15.8. The van der Waals surface area contributed by atoms with Gasteiger partial charge in [0.1, 0.15) is 0 Å². The first-order valence-corrected chi connectivity index (χ1v) is 9.53. The van der Waals surface area contributed by atoms with Crippen LogP contribution >= 0.6 is 24.8 Å². The fraction of sp³-hybridized carbons (Fsp3) is 0.944. The molecule has 0 bridgehead atoms. The Kier molecular flexibility index (Phi) is 14.0. The summed E-state index contributed by atoms with van der Waals surface area (Å²) in [5, 5.41) is 6.58. The van der Waals surface area contributed by atoms with Crippen LogP contribution in [0.15, 0.2) is 0 Å². The molecule has 2 rings (SSSR count). The Morgan fingerprint density at radius 1 is 1.24 bits per heavy atom. The van der Waals surface area contributed by atoms with Crippen molar-refractivity contribution < 1.29 is 9.53 Å². The number of amides is 1. The number of carbonyl (C=O) groups excluding carboxylic acids is 1. The van der Waals surface area contributed by atoms with E-state index >= 15 is 0 Å². The largest absolute Gasteiger partial charge is 0.379 e. The van der Waals surface area contributed by atoms with Gasteiger partial charge in [-0.15, -0.1) is 24.8 Å². The molecule has 1 amide bonds. The van der Waals surface area contributed by atoms with Crippen molar-refractivity contribution in [1.29, 1.82) is 0 Å². The average molecular weight is 398 g/mol. The number of nitrogens with zero attached hydrogens (tertiary/aromatic N) is 1. The Morgan fingerprint density at radius 2 is 1.92 bits per heavy atom. The molecule has 2 aliphatic rings. The van der Waals surface area contributed by atoms with Crippen molar-refractivity contribution in [3.05, 3.63) is 0 Å². The second-order valence-corrected chi connectivity index (χ2v) is 6.99. The molecule has 25 heavy (non-hydrogen) atoms. The fourth-order valence-electron chi connectivity index (χ4n) is 3.94. The number of ether oxygens (including phenoxy) is 1. The Hall–Kier alpha value is -0.0700. The molecule has 0 aromatic carbocycles. The number of halogens is 2. The van der Waals surface area contributed by atoms with Gasteiger partial charge in [-0.2, -0.15) is 0 Å². The van der Waals surface area contributed by atoms with Crippen molar-refractivity contribution in [1.82, 2.24) is 15.5 Å². The Morgan fingerprint density at radius 3 is 2.48 bits per heavy atom. The highest BCUT2D eigenvalue weighted by Crippen LogP contribution is 2.20. The van der Waals surface area contributed by atoms with E-state index in [1.807, 2.05) is 0 Å². The third-order valence-electron chi connectivity index (χ3n) is 5.56. The van der Waals surface area contributed by atoms with Crippen molar-refractivity contribution in [2.45, 2.75) is 52.0 Å². The maximum atomic E-state index is 12.2. The highest BCUT2D eigenvalue weighted by molar-refractivity contribution is 5.85. The van der Waals surface area contributed by atoms with Crippen molar-refractivity contribution in [2.24, 2.45) is 11.8 Å². The normalized spacial score (nSPS) is 22.1. The van der Waals surface area contributed by atoms with E-state index in [0.29, 0.717) is 24.3 Å². The van der Waals surface area contributed by atoms with Crippen LogP contribution in [0.25, 0.3) is 0 Å². The smallest absolute Gasteiger partial charge is 0.220 e. The molecular formula is C18H37Cl2N3O2. The minimum atomic E-state index is 0. The van der Waals surface area contributed by atoms with Gasteiger partial charge in [-0.05, 0) is 37.8 Å². The molecule has 0 spiro atoms. The van der Waals surface area contributed by atoms with Gasteiger partial charge in [0.05, 0.1) is 13.2 Å². The minimum Gasteiger partial charge on any atom is -0.379 e. The summed E-state index contributed by atoms with van der Waals surface area (Å²) in [5.74, 6) is 1.56. The first-order valence-electron chi connectivity index (χ1n) is 9.53. The van der Waals surface area contributed by atoms with Gasteiger partial charge in [0.25, 0.3) is 0 Å². The quantitative estimate of drug-likeness (QED) is 0.627. The van der Waals surface area contributed by atoms with Crippen molar-refractivity contribution in [2.75, 3.05) is 45.9 Å². The summed E-state index contributed by atoms with van der Waals surface area (Å²) in [6.45, 7) is 11.1. The van der Waals surface area contributed by atoms with E-state index in [1.165, 1.54) is 19.3 Å². The Bertz CT molecular complexity index is 345. The minimum absolute atomic E-state index is 0. The molecule has 0 aromatic heterocycles. The van der Waals surface area contributed by atoms with Gasteiger partial charge in [0, 0.05) is 32.1 Å². The van der Waals surface area contributed by atoms with Crippen LogP contribution < -0.4 is 10.6 Å². The highest BCUT2D eigenvalue weighted by Gasteiger charge is 2.27. The molecule has 2 saturated heterocycles. The summed E-state index contributed by atoms with van der Waals surface area (Å²) < 4.78 is 5.48. The van der Waals surface area contributed by atoms with Gasteiger partial charge >= 0.3 is 0 Å². The summed E-state index contributed by atoms with van der Waals surface area (Å²) in [4.78, 5) is 14.7. The predicted molar refractivity (Wildman–Crippen MR) is 108 cm³/mol. The third kappa shape index (κ3) is 8.44. The van der Waals surface area contributed by atoms with Crippen LogP contribution in [0.5, 0.6) is 0 Å². The lowest BCUT2D eigenvalue weighted by Gasteiger charge is -2.38. The van der Waals surface area contributed by atoms with Crippen LogP contribution in [0.2, 0.25) is 0 Å². The molecule has 2 unspecified atom stereocenters. The molecule has 2 aliphatic heterocycles. The number of hydrogen-bond acceptors (Lipinski definition) is 4. The summed E-state index contributed by atoms with van der Waals surface area (Å²) in [6, 6.07) is 0.450. The summed E-state index contributed by atoms with van der Waals surface area (Å²) in [6.07, 6.45) is 5.25. The molecule has 150 valence electrons. The van der Waals surface area contributed by atoms with E-state index in [9.17, 15) is 4.79 Å². The van der Waals surface area contributed by atoms with E-state index in [2.05, 4.69) is 29.4 Å². The Balaban J connectivity index is 0.00000288. The molecule has 2 atom stereocenters. The fourth-order valence-corrected chi connectivity index (χ4v) is 3.94. The van der Waals surface area contributed by atoms with Crippen molar-refractivity contribution in [3.63, 3.8) is 0 Å². The maximum absolute atomic E-state index is 12.2. The first-order chi connectivity index (χ1) is 11.2. The molecule has 2 heterocycles. The summed E-state index contributed by atoms with van der Waals surface area (Å²) >= 11 is 0. The third-order valence-corrected chi connectivity index (χ3v) is 5.56. The SMILES string of the molecule is CCC(CC)C(CNC(=O)CCC1CCNC1)N1CCOCC1.Cl.Cl. The second-order valence-electron chi connectivity index (χ2n) is 6.99. The number of nitrogens with one attached hydrogen (secondary N) is 2. The molecule has 0 aromatic rings. The van der Waals surface area contributed by atoms with Gasteiger partial charge < -0.3 is 15.4 Å². The molecule has 2 N–H and O–H groups in total. The Labute approximate surface area is 165 Å². The van der Waals surface area contributed by atoms with E-state index in [-0.39, 0.29) is 30.7 Å². The van der Waals surface area contributed by atoms with Crippen LogP contribution in [-0.4, -0.2) is 62.8 Å². The molecule has 5 nitrogen and oxygen atoms in total. The molecule has 0 saturated carbocycles. The zero-order valence-corrected chi connectivity index (χ0v) is 17.4. The molecule has 0 radical (unpaired) electrons. The topological polar surface area (TPSA) is 53.6 Å². The number of morpholine rings is 1. The van der Waals surface area contributed by atoms with E-state index in [4.69, 9.17) is 4.74 Å². The monoisotopic (exact) mass is 397 g/mol. The predicted octanol–water partition coefficient (Wildman–Crippen LogP) is 2.47. The zero-order chi connectivity index (χ0) is 16.5. The standard InChI is InChI=1S/C18H35N3O2.2ClH/c1-3-16(4-2)17(21-9-11-23-12-10-21)14-20-18(22)6-5-15-7-8-19-13-15;;/h15-17,19H,3-14H2,1-2H3,(H,20,22);2*1H. The lowest BCUT2D eigenvalue weighted by atomic mass is 9.92. The van der Waals surface area contributed by atoms with Crippen molar-refractivity contribution in [3.8, 4) is 0 Å². The lowest BCUT2D eigenvalue weighted by molar-refractivity contribution is -0.121. The molecular weight excluding hydrogens is 361 g/mol. The maximum Gasteiger partial charge on any atom is 0.220 e. The van der Waals surface area contributed by atoms with E-state index < -0.39 is 0 Å². The van der Waals surface area contributed by atoms with Crippen LogP contribution in [0, 0.1) is 11.8 Å².